The van der Waals surface area contributed by atoms with Crippen molar-refractivity contribution in [3.63, 3.8) is 0 Å². The van der Waals surface area contributed by atoms with E-state index in [0.29, 0.717) is 13.0 Å². The van der Waals surface area contributed by atoms with Crippen LogP contribution in [-0.2, 0) is 47.9 Å². The Balaban J connectivity index is 4.53. The molecule has 0 aromatic heterocycles. The quantitative estimate of drug-likeness (QED) is 0.0393. The molecule has 0 aliphatic rings. The van der Waals surface area contributed by atoms with Crippen LogP contribution in [0.3, 0.4) is 0 Å². The van der Waals surface area contributed by atoms with Crippen molar-refractivity contribution in [1.29, 1.82) is 0 Å². The first-order valence-corrected chi connectivity index (χ1v) is 22.0. The lowest BCUT2D eigenvalue weighted by atomic mass is 10.0. The number of carbonyl (C=O) groups is 10. The number of aliphatic carboxylic acids is 5. The molecule has 0 radical (unpaired) electrons. The van der Waals surface area contributed by atoms with Crippen molar-refractivity contribution in [3.8, 4) is 0 Å². The normalized spacial score (nSPS) is 12.8. The third kappa shape index (κ3) is 31.6. The van der Waals surface area contributed by atoms with Crippen LogP contribution < -0.4 is 26.6 Å². The number of hydrogen-bond acceptors (Lipinski definition) is 10. The van der Waals surface area contributed by atoms with E-state index in [4.69, 9.17) is 5.11 Å². The Hall–Kier alpha value is -5.30. The molecule has 4 atom stereocenters. The van der Waals surface area contributed by atoms with Gasteiger partial charge in [0, 0.05) is 45.1 Å². The zero-order valence-electron chi connectivity index (χ0n) is 36.2. The molecule has 10 N–H and O–H groups in total. The molecule has 20 nitrogen and oxygen atoms in total. The molecule has 62 heavy (non-hydrogen) atoms. The van der Waals surface area contributed by atoms with E-state index in [1.165, 1.54) is 19.3 Å². The van der Waals surface area contributed by atoms with Crippen LogP contribution in [0.15, 0.2) is 0 Å². The highest BCUT2D eigenvalue weighted by atomic mass is 16.4. The minimum Gasteiger partial charge on any atom is -0.481 e. The van der Waals surface area contributed by atoms with E-state index in [-0.39, 0.29) is 38.0 Å². The van der Waals surface area contributed by atoms with Crippen LogP contribution in [0.5, 0.6) is 0 Å². The lowest BCUT2D eigenvalue weighted by Gasteiger charge is -2.18. The molecule has 0 rings (SSSR count). The Morgan fingerprint density at radius 1 is 0.339 bits per heavy atom. The second-order valence-electron chi connectivity index (χ2n) is 15.5. The minimum atomic E-state index is -1.60. The molecule has 0 bridgehead atoms. The topological polar surface area (TPSA) is 332 Å². The molecule has 0 aliphatic carbocycles. The second kappa shape index (κ2) is 35.3. The van der Waals surface area contributed by atoms with Gasteiger partial charge in [-0.3, -0.25) is 28.8 Å². The van der Waals surface area contributed by atoms with Gasteiger partial charge in [0.05, 0.1) is 0 Å². The van der Waals surface area contributed by atoms with E-state index in [0.717, 1.165) is 77.0 Å². The standard InChI is InChI=1S/C42H71N5O15/c1-2-3-28-43-33(48)24-20-29(39(55)56)45-35(50)26-22-31(41(59)60)47-37(52)27-23-32(42(61)62)46-36(51)25-21-30(40(57)58)44-34(49)18-16-14-12-10-8-6-4-5-7-9-11-13-15-17-19-38(53)54/h29-32H,2-28H2,1H3,(H,43,48)(H,44,49)(H,45,50)(H,46,51)(H,47,52)(H,53,54)(H,55,56)(H,57,58)(H,59,60)(H,61,62)/t29-,30-,31-,32-/m0/s1. The number of carbonyl (C=O) groups excluding carboxylic acids is 5. The Morgan fingerprint density at radius 2 is 0.597 bits per heavy atom. The van der Waals surface area contributed by atoms with Gasteiger partial charge in [-0.05, 0) is 44.9 Å². The van der Waals surface area contributed by atoms with Crippen molar-refractivity contribution in [2.45, 2.75) is 198 Å². The van der Waals surface area contributed by atoms with Crippen LogP contribution in [0.2, 0.25) is 0 Å². The molecule has 5 amide bonds. The lowest BCUT2D eigenvalue weighted by molar-refractivity contribution is -0.144. The van der Waals surface area contributed by atoms with Crippen LogP contribution in [0.4, 0.5) is 0 Å². The molecule has 0 heterocycles. The molecule has 0 unspecified atom stereocenters. The highest BCUT2D eigenvalue weighted by Gasteiger charge is 2.27. The molecule has 0 spiro atoms. The summed E-state index contributed by atoms with van der Waals surface area (Å²) in [4.78, 5) is 119. The van der Waals surface area contributed by atoms with Gasteiger partial charge in [-0.2, -0.15) is 0 Å². The molecule has 0 saturated carbocycles. The largest absolute Gasteiger partial charge is 0.481 e. The fourth-order valence-electron chi connectivity index (χ4n) is 6.37. The van der Waals surface area contributed by atoms with Crippen LogP contribution in [0.25, 0.3) is 0 Å². The summed E-state index contributed by atoms with van der Waals surface area (Å²) in [7, 11) is 0. The summed E-state index contributed by atoms with van der Waals surface area (Å²) in [5.41, 5.74) is 0. The lowest BCUT2D eigenvalue weighted by Crippen LogP contribution is -2.45. The summed E-state index contributed by atoms with van der Waals surface area (Å²) in [5.74, 6) is -10.0. The Kier molecular flexibility index (Phi) is 32.3. The van der Waals surface area contributed by atoms with Gasteiger partial charge in [0.2, 0.25) is 29.5 Å². The number of carboxylic acids is 5. The van der Waals surface area contributed by atoms with Crippen molar-refractivity contribution >= 4 is 59.4 Å². The second-order valence-corrected chi connectivity index (χ2v) is 15.5. The molecule has 0 aromatic rings. The zero-order valence-corrected chi connectivity index (χ0v) is 36.2. The van der Waals surface area contributed by atoms with Gasteiger partial charge in [-0.15, -0.1) is 0 Å². The van der Waals surface area contributed by atoms with Crippen molar-refractivity contribution in [3.05, 3.63) is 0 Å². The van der Waals surface area contributed by atoms with Gasteiger partial charge >= 0.3 is 29.8 Å². The van der Waals surface area contributed by atoms with Crippen molar-refractivity contribution in [2.24, 2.45) is 0 Å². The third-order valence-corrected chi connectivity index (χ3v) is 10.1. The van der Waals surface area contributed by atoms with E-state index in [2.05, 4.69) is 26.6 Å². The minimum absolute atomic E-state index is 0.108. The summed E-state index contributed by atoms with van der Waals surface area (Å²) in [5, 5.41) is 58.4. The first-order chi connectivity index (χ1) is 29.5. The van der Waals surface area contributed by atoms with E-state index in [1.54, 1.807) is 0 Å². The average molecular weight is 886 g/mol. The average Bonchev–Trinajstić information content (AvgIpc) is 3.20. The number of nitrogens with one attached hydrogen (secondary N) is 5. The monoisotopic (exact) mass is 885 g/mol. The highest BCUT2D eigenvalue weighted by Crippen LogP contribution is 2.14. The van der Waals surface area contributed by atoms with E-state index < -0.39 is 110 Å². The fourth-order valence-corrected chi connectivity index (χ4v) is 6.37. The molecular weight excluding hydrogens is 814 g/mol. The van der Waals surface area contributed by atoms with Gasteiger partial charge < -0.3 is 52.1 Å². The third-order valence-electron chi connectivity index (χ3n) is 10.1. The zero-order chi connectivity index (χ0) is 46.7. The van der Waals surface area contributed by atoms with Crippen LogP contribution in [0, 0.1) is 0 Å². The maximum absolute atomic E-state index is 12.6. The van der Waals surface area contributed by atoms with Crippen molar-refractivity contribution < 1.29 is 73.5 Å². The molecular formula is C42H71N5O15. The van der Waals surface area contributed by atoms with Gasteiger partial charge in [0.15, 0.2) is 0 Å². The Morgan fingerprint density at radius 3 is 0.871 bits per heavy atom. The number of unbranched alkanes of at least 4 members (excludes halogenated alkanes) is 14. The number of carboxylic acid groups (broad SMARTS) is 5. The van der Waals surface area contributed by atoms with Gasteiger partial charge in [-0.25, -0.2) is 19.2 Å². The Labute approximate surface area is 363 Å². The highest BCUT2D eigenvalue weighted by molar-refractivity contribution is 5.88. The maximum Gasteiger partial charge on any atom is 0.326 e. The smallest absolute Gasteiger partial charge is 0.326 e. The van der Waals surface area contributed by atoms with E-state index in [1.807, 2.05) is 6.92 Å². The number of amides is 5. The summed E-state index contributed by atoms with van der Waals surface area (Å²) >= 11 is 0. The van der Waals surface area contributed by atoms with E-state index >= 15 is 0 Å². The summed E-state index contributed by atoms with van der Waals surface area (Å²) < 4.78 is 0. The van der Waals surface area contributed by atoms with Crippen molar-refractivity contribution in [2.75, 3.05) is 6.54 Å². The maximum atomic E-state index is 12.6. The molecule has 0 fully saturated rings. The van der Waals surface area contributed by atoms with E-state index in [9.17, 15) is 68.4 Å². The van der Waals surface area contributed by atoms with Crippen LogP contribution >= 0.6 is 0 Å². The molecule has 0 aliphatic heterocycles. The van der Waals surface area contributed by atoms with Crippen molar-refractivity contribution in [1.82, 2.24) is 26.6 Å². The first kappa shape index (κ1) is 56.7. The molecule has 20 heteroatoms. The Bertz CT molecular complexity index is 1430. The molecule has 354 valence electrons. The van der Waals surface area contributed by atoms with Gasteiger partial charge in [-0.1, -0.05) is 90.4 Å². The summed E-state index contributed by atoms with van der Waals surface area (Å²) in [6.45, 7) is 2.36. The molecule has 0 saturated heterocycles. The molecule has 0 aromatic carbocycles. The van der Waals surface area contributed by atoms with Crippen LogP contribution in [-0.4, -0.2) is 116 Å². The number of hydrogen-bond donors (Lipinski definition) is 10. The summed E-state index contributed by atoms with van der Waals surface area (Å²) in [6, 6.07) is -6.00. The number of rotatable bonds is 40. The predicted octanol–water partition coefficient (Wildman–Crippen LogP) is 3.63. The van der Waals surface area contributed by atoms with Crippen LogP contribution in [0.1, 0.15) is 174 Å². The summed E-state index contributed by atoms with van der Waals surface area (Å²) in [6.07, 6.45) is 13.0. The van der Waals surface area contributed by atoms with Gasteiger partial charge in [0.25, 0.3) is 0 Å². The predicted molar refractivity (Wildman–Crippen MR) is 225 cm³/mol. The first-order valence-electron chi connectivity index (χ1n) is 22.0. The SMILES string of the molecule is CCCCNC(=O)CC[C@H](NC(=O)CC[C@H](NC(=O)CC[C@H](NC(=O)CC[C@H](NC(=O)CCCCCCCCCCCCCCCCC(=O)O)C(=O)O)C(=O)O)C(=O)O)C(=O)O. The fraction of sp³-hybridized carbons (Fsp3) is 0.762. The van der Waals surface area contributed by atoms with Gasteiger partial charge in [0.1, 0.15) is 24.2 Å².